The highest BCUT2D eigenvalue weighted by Crippen LogP contribution is 2.17. The van der Waals surface area contributed by atoms with Crippen LogP contribution < -0.4 is 11.1 Å². The number of carbonyl (C=O) groups is 1. The fourth-order valence-electron chi connectivity index (χ4n) is 2.55. The van der Waals surface area contributed by atoms with Crippen LogP contribution in [0.1, 0.15) is 37.2 Å². The van der Waals surface area contributed by atoms with Crippen molar-refractivity contribution >= 4 is 5.91 Å². The molecule has 2 aromatic rings. The first-order chi connectivity index (χ1) is 10.9. The molecule has 1 aromatic heterocycles. The van der Waals surface area contributed by atoms with Gasteiger partial charge in [-0.1, -0.05) is 38.5 Å². The third kappa shape index (κ3) is 3.99. The number of carbonyl (C=O) groups excluding carboxylic acids is 1. The van der Waals surface area contributed by atoms with Crippen LogP contribution in [0.15, 0.2) is 30.3 Å². The molecule has 2 rings (SSSR count). The van der Waals surface area contributed by atoms with Crippen molar-refractivity contribution in [2.24, 2.45) is 11.7 Å². The molecule has 0 radical (unpaired) electrons. The normalized spacial score (nSPS) is 13.6. The lowest BCUT2D eigenvalue weighted by Gasteiger charge is -2.18. The molecule has 0 saturated carbocycles. The average Bonchev–Trinajstić information content (AvgIpc) is 2.89. The van der Waals surface area contributed by atoms with Gasteiger partial charge in [-0.3, -0.25) is 4.79 Å². The van der Waals surface area contributed by atoms with Crippen molar-refractivity contribution < 1.29 is 4.79 Å². The summed E-state index contributed by atoms with van der Waals surface area (Å²) < 4.78 is 1.91. The summed E-state index contributed by atoms with van der Waals surface area (Å²) in [5, 5.41) is 7.47. The Morgan fingerprint density at radius 2 is 2.04 bits per heavy atom. The van der Waals surface area contributed by atoms with Crippen LogP contribution in [0.5, 0.6) is 0 Å². The van der Waals surface area contributed by atoms with Crippen molar-refractivity contribution in [2.45, 2.75) is 46.7 Å². The number of hydrogen-bond donors (Lipinski definition) is 2. The Bertz CT molecular complexity index is 677. The number of nitrogens with one attached hydrogen (secondary N) is 1. The summed E-state index contributed by atoms with van der Waals surface area (Å²) in [6.45, 7) is 8.47. The first kappa shape index (κ1) is 17.2. The van der Waals surface area contributed by atoms with Crippen molar-refractivity contribution in [2.75, 3.05) is 0 Å². The minimum absolute atomic E-state index is 0.109. The van der Waals surface area contributed by atoms with E-state index in [1.54, 1.807) is 0 Å². The van der Waals surface area contributed by atoms with Gasteiger partial charge in [0.15, 0.2) is 0 Å². The summed E-state index contributed by atoms with van der Waals surface area (Å²) in [6.07, 6.45) is 0.886. The van der Waals surface area contributed by atoms with Gasteiger partial charge < -0.3 is 11.1 Å². The predicted octanol–water partition coefficient (Wildman–Crippen LogP) is 2.48. The van der Waals surface area contributed by atoms with Crippen molar-refractivity contribution in [3.63, 3.8) is 0 Å². The molecule has 2 unspecified atom stereocenters. The molecule has 1 aromatic carbocycles. The highest BCUT2D eigenvalue weighted by atomic mass is 16.2. The van der Waals surface area contributed by atoms with E-state index in [0.717, 1.165) is 29.1 Å². The summed E-state index contributed by atoms with van der Waals surface area (Å²) in [6, 6.07) is 9.51. The molecule has 0 bridgehead atoms. The third-order valence-electron chi connectivity index (χ3n) is 4.24. The lowest BCUT2D eigenvalue weighted by molar-refractivity contribution is -0.123. The number of rotatable bonds is 6. The molecule has 0 aliphatic rings. The van der Waals surface area contributed by atoms with E-state index in [0.29, 0.717) is 6.54 Å². The standard InChI is InChI=1S/C18H26N4O/c1-5-12(2)17(19)18(23)20-11-15-8-6-7-9-16(15)22-14(4)10-13(3)21-22/h6-10,12,17H,5,11,19H2,1-4H3,(H,20,23). The maximum absolute atomic E-state index is 12.2. The first-order valence-corrected chi connectivity index (χ1v) is 8.08. The van der Waals surface area contributed by atoms with Gasteiger partial charge in [-0.25, -0.2) is 4.68 Å². The average molecular weight is 314 g/mol. The van der Waals surface area contributed by atoms with Gasteiger partial charge in [0.2, 0.25) is 5.91 Å². The van der Waals surface area contributed by atoms with E-state index in [9.17, 15) is 4.79 Å². The minimum atomic E-state index is -0.471. The predicted molar refractivity (Wildman–Crippen MR) is 92.3 cm³/mol. The van der Waals surface area contributed by atoms with Crippen molar-refractivity contribution in [3.8, 4) is 5.69 Å². The van der Waals surface area contributed by atoms with Gasteiger partial charge in [0, 0.05) is 12.2 Å². The van der Waals surface area contributed by atoms with Gasteiger partial charge in [-0.15, -0.1) is 0 Å². The number of hydrogen-bond acceptors (Lipinski definition) is 3. The Hall–Kier alpha value is -2.14. The van der Waals surface area contributed by atoms with Gasteiger partial charge >= 0.3 is 0 Å². The fourth-order valence-corrected chi connectivity index (χ4v) is 2.55. The summed E-state index contributed by atoms with van der Waals surface area (Å²) in [7, 11) is 0. The molecule has 0 fully saturated rings. The number of benzene rings is 1. The van der Waals surface area contributed by atoms with Crippen molar-refractivity contribution in [3.05, 3.63) is 47.3 Å². The highest BCUT2D eigenvalue weighted by Gasteiger charge is 2.19. The second-order valence-corrected chi connectivity index (χ2v) is 6.10. The Balaban J connectivity index is 2.16. The van der Waals surface area contributed by atoms with Crippen LogP contribution in [0.2, 0.25) is 0 Å². The van der Waals surface area contributed by atoms with E-state index in [4.69, 9.17) is 5.73 Å². The molecule has 3 N–H and O–H groups in total. The molecular formula is C18H26N4O. The Kier molecular flexibility index (Phi) is 5.55. The second-order valence-electron chi connectivity index (χ2n) is 6.10. The van der Waals surface area contributed by atoms with E-state index in [2.05, 4.69) is 10.4 Å². The molecule has 1 heterocycles. The van der Waals surface area contributed by atoms with E-state index in [1.807, 2.05) is 62.7 Å². The lowest BCUT2D eigenvalue weighted by Crippen LogP contribution is -2.44. The SMILES string of the molecule is CCC(C)C(N)C(=O)NCc1ccccc1-n1nc(C)cc1C. The van der Waals surface area contributed by atoms with E-state index in [-0.39, 0.29) is 11.8 Å². The largest absolute Gasteiger partial charge is 0.351 e. The van der Waals surface area contributed by atoms with Gasteiger partial charge in [0.05, 0.1) is 17.4 Å². The number of nitrogens with zero attached hydrogens (tertiary/aromatic N) is 2. The number of aromatic nitrogens is 2. The van der Waals surface area contributed by atoms with Crippen LogP contribution in [0.25, 0.3) is 5.69 Å². The zero-order valence-electron chi connectivity index (χ0n) is 14.3. The maximum atomic E-state index is 12.2. The van der Waals surface area contributed by atoms with Crippen molar-refractivity contribution in [1.82, 2.24) is 15.1 Å². The zero-order valence-corrected chi connectivity index (χ0v) is 14.3. The van der Waals surface area contributed by atoms with Crippen LogP contribution >= 0.6 is 0 Å². The Morgan fingerprint density at radius 1 is 1.35 bits per heavy atom. The maximum Gasteiger partial charge on any atom is 0.237 e. The van der Waals surface area contributed by atoms with Crippen LogP contribution in [-0.2, 0) is 11.3 Å². The topological polar surface area (TPSA) is 72.9 Å². The Morgan fingerprint density at radius 3 is 2.65 bits per heavy atom. The third-order valence-corrected chi connectivity index (χ3v) is 4.24. The molecule has 5 heteroatoms. The molecule has 0 aliphatic carbocycles. The first-order valence-electron chi connectivity index (χ1n) is 8.08. The molecule has 0 spiro atoms. The van der Waals surface area contributed by atoms with E-state index < -0.39 is 6.04 Å². The summed E-state index contributed by atoms with van der Waals surface area (Å²) in [4.78, 5) is 12.2. The fraction of sp³-hybridized carbons (Fsp3) is 0.444. The quantitative estimate of drug-likeness (QED) is 0.860. The van der Waals surface area contributed by atoms with Gasteiger partial charge in [-0.2, -0.15) is 5.10 Å². The summed E-state index contributed by atoms with van der Waals surface area (Å²) >= 11 is 0. The molecular weight excluding hydrogens is 288 g/mol. The van der Waals surface area contributed by atoms with E-state index in [1.165, 1.54) is 0 Å². The summed E-state index contributed by atoms with van der Waals surface area (Å²) in [5.41, 5.74) is 10.0. The second kappa shape index (κ2) is 7.42. The number of amides is 1. The molecule has 2 atom stereocenters. The van der Waals surface area contributed by atoms with E-state index >= 15 is 0 Å². The molecule has 5 nitrogen and oxygen atoms in total. The van der Waals surface area contributed by atoms with Crippen LogP contribution in [-0.4, -0.2) is 21.7 Å². The van der Waals surface area contributed by atoms with Crippen LogP contribution in [0.3, 0.4) is 0 Å². The number of nitrogens with two attached hydrogens (primary N) is 1. The molecule has 124 valence electrons. The zero-order chi connectivity index (χ0) is 17.0. The minimum Gasteiger partial charge on any atom is -0.351 e. The van der Waals surface area contributed by atoms with Crippen LogP contribution in [0.4, 0.5) is 0 Å². The highest BCUT2D eigenvalue weighted by molar-refractivity contribution is 5.81. The Labute approximate surface area is 137 Å². The van der Waals surface area contributed by atoms with Gasteiger partial charge in [0.25, 0.3) is 0 Å². The molecule has 1 amide bonds. The van der Waals surface area contributed by atoms with Crippen LogP contribution in [0, 0.1) is 19.8 Å². The number of aryl methyl sites for hydroxylation is 2. The molecule has 0 aliphatic heterocycles. The lowest BCUT2D eigenvalue weighted by atomic mass is 9.99. The monoisotopic (exact) mass is 314 g/mol. The van der Waals surface area contributed by atoms with Crippen molar-refractivity contribution in [1.29, 1.82) is 0 Å². The smallest absolute Gasteiger partial charge is 0.237 e. The molecule has 0 saturated heterocycles. The number of para-hydroxylation sites is 1. The van der Waals surface area contributed by atoms with Gasteiger partial charge in [0.1, 0.15) is 0 Å². The molecule has 23 heavy (non-hydrogen) atoms. The van der Waals surface area contributed by atoms with Gasteiger partial charge in [-0.05, 0) is 37.5 Å². The summed E-state index contributed by atoms with van der Waals surface area (Å²) in [5.74, 6) is 0.0591.